The van der Waals surface area contributed by atoms with Crippen molar-refractivity contribution in [3.63, 3.8) is 0 Å². The molecule has 3 rings (SSSR count). The first-order valence-electron chi connectivity index (χ1n) is 9.87. The molecule has 2 heteroatoms. The van der Waals surface area contributed by atoms with Crippen LogP contribution in [0.3, 0.4) is 0 Å². The van der Waals surface area contributed by atoms with Crippen molar-refractivity contribution in [1.82, 2.24) is 0 Å². The standard InChI is InChI=1S/C22H32F2/c1-15-3-7-17(8-4-15)9-10-18-13-20(23)22(21(24)14-18)19-11-5-16(2)6-12-19/h5-6,11-12,15,17-18,20-22H,3-4,7-10,13-14H2,1-2H3. The Morgan fingerprint density at radius 2 is 1.38 bits per heavy atom. The predicted octanol–water partition coefficient (Wildman–Crippen LogP) is 6.77. The molecule has 0 spiro atoms. The minimum atomic E-state index is -1.03. The van der Waals surface area contributed by atoms with E-state index in [4.69, 9.17) is 0 Å². The van der Waals surface area contributed by atoms with Crippen molar-refractivity contribution in [1.29, 1.82) is 0 Å². The molecule has 0 aromatic heterocycles. The molecule has 24 heavy (non-hydrogen) atoms. The first-order chi connectivity index (χ1) is 11.5. The molecule has 0 saturated heterocycles. The van der Waals surface area contributed by atoms with Crippen LogP contribution in [0.5, 0.6) is 0 Å². The third-order valence-corrected chi connectivity index (χ3v) is 6.48. The van der Waals surface area contributed by atoms with E-state index in [0.717, 1.165) is 29.4 Å². The van der Waals surface area contributed by atoms with E-state index in [2.05, 4.69) is 6.92 Å². The van der Waals surface area contributed by atoms with Crippen LogP contribution >= 0.6 is 0 Å². The van der Waals surface area contributed by atoms with Crippen molar-refractivity contribution < 1.29 is 8.78 Å². The summed E-state index contributed by atoms with van der Waals surface area (Å²) < 4.78 is 29.4. The second-order valence-electron chi connectivity index (χ2n) is 8.51. The van der Waals surface area contributed by atoms with Gasteiger partial charge in [0.15, 0.2) is 0 Å². The van der Waals surface area contributed by atoms with E-state index >= 15 is 0 Å². The van der Waals surface area contributed by atoms with Gasteiger partial charge in [0, 0.05) is 5.92 Å². The van der Waals surface area contributed by atoms with Crippen LogP contribution in [0.2, 0.25) is 0 Å². The van der Waals surface area contributed by atoms with Gasteiger partial charge in [-0.25, -0.2) is 8.78 Å². The molecule has 0 nitrogen and oxygen atoms in total. The lowest BCUT2D eigenvalue weighted by Gasteiger charge is -2.36. The van der Waals surface area contributed by atoms with Gasteiger partial charge < -0.3 is 0 Å². The van der Waals surface area contributed by atoms with Gasteiger partial charge >= 0.3 is 0 Å². The highest BCUT2D eigenvalue weighted by Crippen LogP contribution is 2.42. The molecule has 0 heterocycles. The molecule has 0 bridgehead atoms. The SMILES string of the molecule is Cc1ccc(C2C(F)CC(CCC3CCC(C)CC3)CC2F)cc1. The lowest BCUT2D eigenvalue weighted by atomic mass is 9.73. The topological polar surface area (TPSA) is 0 Å². The molecule has 0 aliphatic heterocycles. The highest BCUT2D eigenvalue weighted by Gasteiger charge is 2.39. The minimum absolute atomic E-state index is 0.232. The van der Waals surface area contributed by atoms with Crippen molar-refractivity contribution in [3.8, 4) is 0 Å². The van der Waals surface area contributed by atoms with E-state index in [1.54, 1.807) is 0 Å². The van der Waals surface area contributed by atoms with Gasteiger partial charge in [-0.15, -0.1) is 0 Å². The van der Waals surface area contributed by atoms with Crippen LogP contribution in [0, 0.1) is 24.7 Å². The summed E-state index contributed by atoms with van der Waals surface area (Å²) in [5, 5.41) is 0. The summed E-state index contributed by atoms with van der Waals surface area (Å²) in [6, 6.07) is 7.74. The summed E-state index contributed by atoms with van der Waals surface area (Å²) in [4.78, 5) is 0. The maximum Gasteiger partial charge on any atom is 0.110 e. The van der Waals surface area contributed by atoms with Gasteiger partial charge in [-0.2, -0.15) is 0 Å². The number of benzene rings is 1. The maximum absolute atomic E-state index is 14.7. The quantitative estimate of drug-likeness (QED) is 0.570. The highest BCUT2D eigenvalue weighted by atomic mass is 19.1. The van der Waals surface area contributed by atoms with E-state index < -0.39 is 18.3 Å². The molecule has 134 valence electrons. The van der Waals surface area contributed by atoms with E-state index in [0.29, 0.717) is 12.8 Å². The van der Waals surface area contributed by atoms with Gasteiger partial charge in [0.1, 0.15) is 12.3 Å². The van der Waals surface area contributed by atoms with Crippen molar-refractivity contribution in [3.05, 3.63) is 35.4 Å². The van der Waals surface area contributed by atoms with Gasteiger partial charge in [0.25, 0.3) is 0 Å². The lowest BCUT2D eigenvalue weighted by Crippen LogP contribution is -2.34. The van der Waals surface area contributed by atoms with Crippen LogP contribution < -0.4 is 0 Å². The van der Waals surface area contributed by atoms with Crippen LogP contribution in [-0.2, 0) is 0 Å². The van der Waals surface area contributed by atoms with E-state index in [1.165, 1.54) is 32.1 Å². The molecule has 2 saturated carbocycles. The second kappa shape index (κ2) is 7.97. The smallest absolute Gasteiger partial charge is 0.110 e. The summed E-state index contributed by atoms with van der Waals surface area (Å²) in [5.41, 5.74) is 1.97. The fourth-order valence-electron chi connectivity index (χ4n) is 4.78. The second-order valence-corrected chi connectivity index (χ2v) is 8.51. The zero-order valence-corrected chi connectivity index (χ0v) is 15.2. The van der Waals surface area contributed by atoms with Crippen LogP contribution in [0.1, 0.15) is 75.3 Å². The summed E-state index contributed by atoms with van der Waals surface area (Å²) in [5.74, 6) is 1.34. The van der Waals surface area contributed by atoms with E-state index in [-0.39, 0.29) is 5.92 Å². The van der Waals surface area contributed by atoms with Crippen molar-refractivity contribution in [2.45, 2.75) is 83.5 Å². The minimum Gasteiger partial charge on any atom is -0.247 e. The Kier molecular flexibility index (Phi) is 5.94. The number of rotatable bonds is 4. The van der Waals surface area contributed by atoms with Gasteiger partial charge in [0.05, 0.1) is 0 Å². The molecule has 1 aromatic carbocycles. The lowest BCUT2D eigenvalue weighted by molar-refractivity contribution is 0.0790. The molecule has 0 amide bonds. The molecule has 2 fully saturated rings. The van der Waals surface area contributed by atoms with Crippen LogP contribution in [-0.4, -0.2) is 12.3 Å². The Labute approximate surface area is 146 Å². The Morgan fingerprint density at radius 3 is 1.96 bits per heavy atom. The summed E-state index contributed by atoms with van der Waals surface area (Å²) in [6.07, 6.45) is 6.51. The van der Waals surface area contributed by atoms with Gasteiger partial charge in [0.2, 0.25) is 0 Å². The summed E-state index contributed by atoms with van der Waals surface area (Å²) >= 11 is 0. The zero-order valence-electron chi connectivity index (χ0n) is 15.2. The molecule has 2 aliphatic rings. The maximum atomic E-state index is 14.7. The highest BCUT2D eigenvalue weighted by molar-refractivity contribution is 5.27. The first kappa shape index (κ1) is 17.9. The molecule has 2 atom stereocenters. The number of aryl methyl sites for hydroxylation is 1. The first-order valence-corrected chi connectivity index (χ1v) is 9.87. The zero-order chi connectivity index (χ0) is 17.1. The average Bonchev–Trinajstić information content (AvgIpc) is 2.55. The third-order valence-electron chi connectivity index (χ3n) is 6.48. The summed E-state index contributed by atoms with van der Waals surface area (Å²) in [6.45, 7) is 4.34. The molecular formula is C22H32F2. The fourth-order valence-corrected chi connectivity index (χ4v) is 4.78. The fraction of sp³-hybridized carbons (Fsp3) is 0.727. The number of alkyl halides is 2. The Morgan fingerprint density at radius 1 is 0.833 bits per heavy atom. The Bertz CT molecular complexity index is 489. The predicted molar refractivity (Wildman–Crippen MR) is 96.8 cm³/mol. The normalized spacial score (nSPS) is 37.3. The number of hydrogen-bond donors (Lipinski definition) is 0. The molecule has 2 unspecified atom stereocenters. The van der Waals surface area contributed by atoms with Crippen LogP contribution in [0.25, 0.3) is 0 Å². The van der Waals surface area contributed by atoms with Crippen LogP contribution in [0.15, 0.2) is 24.3 Å². The van der Waals surface area contributed by atoms with Crippen molar-refractivity contribution in [2.24, 2.45) is 17.8 Å². The van der Waals surface area contributed by atoms with Gasteiger partial charge in [-0.05, 0) is 49.5 Å². The van der Waals surface area contributed by atoms with Gasteiger partial charge in [-0.3, -0.25) is 0 Å². The van der Waals surface area contributed by atoms with E-state index in [1.807, 2.05) is 31.2 Å². The molecule has 0 N–H and O–H groups in total. The third kappa shape index (κ3) is 4.37. The Hall–Kier alpha value is -0.920. The monoisotopic (exact) mass is 334 g/mol. The number of halogens is 2. The number of hydrogen-bond acceptors (Lipinski definition) is 0. The molecule has 2 aliphatic carbocycles. The van der Waals surface area contributed by atoms with Crippen molar-refractivity contribution in [2.75, 3.05) is 0 Å². The average molecular weight is 334 g/mol. The summed E-state index contributed by atoms with van der Waals surface area (Å²) in [7, 11) is 0. The van der Waals surface area contributed by atoms with Crippen molar-refractivity contribution >= 4 is 0 Å². The molecular weight excluding hydrogens is 302 g/mol. The largest absolute Gasteiger partial charge is 0.247 e. The molecule has 1 aromatic rings. The van der Waals surface area contributed by atoms with E-state index in [9.17, 15) is 8.78 Å². The van der Waals surface area contributed by atoms with Gasteiger partial charge in [-0.1, -0.05) is 68.9 Å². The molecule has 0 radical (unpaired) electrons. The van der Waals surface area contributed by atoms with Crippen LogP contribution in [0.4, 0.5) is 8.78 Å². The Balaban J connectivity index is 1.52.